The third-order valence-electron chi connectivity index (χ3n) is 4.88. The van der Waals surface area contributed by atoms with E-state index in [0.29, 0.717) is 22.3 Å². The van der Waals surface area contributed by atoms with E-state index in [4.69, 9.17) is 9.72 Å². The normalized spacial score (nSPS) is 11.3. The number of hydrogen-bond donors (Lipinski definition) is 0. The maximum absolute atomic E-state index is 13.4. The Kier molecular flexibility index (Phi) is 3.52. The van der Waals surface area contributed by atoms with Gasteiger partial charge < -0.3 is 4.74 Å². The van der Waals surface area contributed by atoms with Gasteiger partial charge in [0.2, 0.25) is 0 Å². The molecule has 0 aliphatic heterocycles. The van der Waals surface area contributed by atoms with Crippen LogP contribution in [-0.4, -0.2) is 27.0 Å². The summed E-state index contributed by atoms with van der Waals surface area (Å²) in [4.78, 5) is 29.9. The van der Waals surface area contributed by atoms with Gasteiger partial charge in [-0.05, 0) is 42.5 Å². The van der Waals surface area contributed by atoms with Crippen LogP contribution < -0.4 is 5.56 Å². The van der Waals surface area contributed by atoms with E-state index in [-0.39, 0.29) is 5.56 Å². The molecule has 0 saturated carbocycles. The van der Waals surface area contributed by atoms with Crippen LogP contribution in [0.5, 0.6) is 0 Å². The molecule has 6 nitrogen and oxygen atoms in total. The minimum absolute atomic E-state index is 0.139. The van der Waals surface area contributed by atoms with Crippen LogP contribution in [0.15, 0.2) is 77.7 Å². The number of nitrogens with zero attached hydrogens (tertiary/aromatic N) is 3. The summed E-state index contributed by atoms with van der Waals surface area (Å²) in [5, 5.41) is 1.41. The van der Waals surface area contributed by atoms with E-state index in [1.165, 1.54) is 7.11 Å². The number of rotatable bonds is 2. The van der Waals surface area contributed by atoms with Gasteiger partial charge in [-0.2, -0.15) is 0 Å². The molecule has 0 unspecified atom stereocenters. The summed E-state index contributed by atoms with van der Waals surface area (Å²) in [7, 11) is 1.34. The molecule has 0 bridgehead atoms. The van der Waals surface area contributed by atoms with Crippen molar-refractivity contribution in [2.75, 3.05) is 7.11 Å². The summed E-state index contributed by atoms with van der Waals surface area (Å²) < 4.78 is 8.29. The third kappa shape index (κ3) is 2.24. The number of fused-ring (bicyclic) bond motifs is 5. The summed E-state index contributed by atoms with van der Waals surface area (Å²) in [6.45, 7) is 0. The lowest BCUT2D eigenvalue weighted by atomic mass is 10.1. The van der Waals surface area contributed by atoms with Crippen LogP contribution in [0, 0.1) is 0 Å². The average Bonchev–Trinajstić information content (AvgIpc) is 3.13. The molecule has 0 fully saturated rings. The molecule has 0 aliphatic rings. The number of methoxy groups -OCH3 is 1. The Labute approximate surface area is 159 Å². The first-order valence-corrected chi connectivity index (χ1v) is 8.78. The Balaban J connectivity index is 1.93. The van der Waals surface area contributed by atoms with Crippen LogP contribution in [0.2, 0.25) is 0 Å². The standard InChI is InChI=1S/C22H15N3O3/c1-28-22(27)14-9-11-15(12-10-14)25-20-19(23-18-8-4-5-13-24(18)20)16-6-2-3-7-17(16)21(25)26/h2-13H,1H3. The zero-order valence-corrected chi connectivity index (χ0v) is 15.0. The predicted octanol–water partition coefficient (Wildman–Crippen LogP) is 3.58. The topological polar surface area (TPSA) is 65.6 Å². The van der Waals surface area contributed by atoms with Crippen LogP contribution in [0.1, 0.15) is 10.4 Å². The number of aromatic nitrogens is 3. The first-order valence-electron chi connectivity index (χ1n) is 8.78. The molecular weight excluding hydrogens is 354 g/mol. The highest BCUT2D eigenvalue weighted by Gasteiger charge is 2.17. The van der Waals surface area contributed by atoms with Gasteiger partial charge in [-0.15, -0.1) is 0 Å². The molecule has 5 aromatic rings. The Hall–Kier alpha value is -3.93. The summed E-state index contributed by atoms with van der Waals surface area (Å²) in [5.74, 6) is -0.419. The highest BCUT2D eigenvalue weighted by Crippen LogP contribution is 2.25. The van der Waals surface area contributed by atoms with Gasteiger partial charge in [0.15, 0.2) is 5.65 Å². The minimum atomic E-state index is -0.419. The molecule has 3 heterocycles. The molecule has 0 radical (unpaired) electrons. The maximum Gasteiger partial charge on any atom is 0.337 e. The summed E-state index contributed by atoms with van der Waals surface area (Å²) >= 11 is 0. The quantitative estimate of drug-likeness (QED) is 0.446. The van der Waals surface area contributed by atoms with Gasteiger partial charge in [0.1, 0.15) is 11.2 Å². The third-order valence-corrected chi connectivity index (χ3v) is 4.88. The number of hydrogen-bond acceptors (Lipinski definition) is 4. The van der Waals surface area contributed by atoms with Crippen LogP contribution in [-0.2, 0) is 4.74 Å². The zero-order valence-electron chi connectivity index (χ0n) is 15.0. The Morgan fingerprint density at radius 2 is 1.64 bits per heavy atom. The largest absolute Gasteiger partial charge is 0.465 e. The van der Waals surface area contributed by atoms with Gasteiger partial charge in [-0.25, -0.2) is 9.78 Å². The van der Waals surface area contributed by atoms with Crippen LogP contribution in [0.25, 0.3) is 33.3 Å². The average molecular weight is 369 g/mol. The van der Waals surface area contributed by atoms with Crippen molar-refractivity contribution in [1.82, 2.24) is 14.0 Å². The Bertz CT molecular complexity index is 1430. The van der Waals surface area contributed by atoms with Gasteiger partial charge >= 0.3 is 5.97 Å². The van der Waals surface area contributed by atoms with Crippen molar-refractivity contribution in [2.24, 2.45) is 0 Å². The van der Waals surface area contributed by atoms with Gasteiger partial charge in [0.25, 0.3) is 5.56 Å². The molecule has 6 heteroatoms. The molecule has 0 aliphatic carbocycles. The number of ether oxygens (including phenoxy) is 1. The van der Waals surface area contributed by atoms with E-state index in [1.54, 1.807) is 34.9 Å². The molecule has 136 valence electrons. The fourth-order valence-electron chi connectivity index (χ4n) is 3.57. The molecule has 0 N–H and O–H groups in total. The van der Waals surface area contributed by atoms with Crippen molar-refractivity contribution < 1.29 is 9.53 Å². The number of carbonyl (C=O) groups excluding carboxylic acids is 1. The zero-order chi connectivity index (χ0) is 19.3. The van der Waals surface area contributed by atoms with Crippen LogP contribution in [0.3, 0.4) is 0 Å². The maximum atomic E-state index is 13.4. The van der Waals surface area contributed by atoms with Crippen molar-refractivity contribution >= 4 is 33.6 Å². The van der Waals surface area contributed by atoms with E-state index in [1.807, 2.05) is 47.0 Å². The van der Waals surface area contributed by atoms with Crippen molar-refractivity contribution in [1.29, 1.82) is 0 Å². The lowest BCUT2D eigenvalue weighted by Gasteiger charge is -2.11. The van der Waals surface area contributed by atoms with Gasteiger partial charge in [0.05, 0.1) is 18.4 Å². The molecule has 0 atom stereocenters. The first kappa shape index (κ1) is 16.3. The SMILES string of the molecule is COC(=O)c1ccc(-n2c(=O)c3ccccc3c3nc4ccccn4c32)cc1. The number of imidazole rings is 1. The summed E-state index contributed by atoms with van der Waals surface area (Å²) in [6, 6.07) is 20.0. The number of pyridine rings is 2. The van der Waals surface area contributed by atoms with Gasteiger partial charge in [-0.1, -0.05) is 24.3 Å². The van der Waals surface area contributed by atoms with Crippen molar-refractivity contribution in [2.45, 2.75) is 0 Å². The van der Waals surface area contributed by atoms with Crippen molar-refractivity contribution in [3.8, 4) is 5.69 Å². The Morgan fingerprint density at radius 1 is 0.929 bits per heavy atom. The van der Waals surface area contributed by atoms with Crippen molar-refractivity contribution in [3.05, 3.63) is 88.8 Å². The van der Waals surface area contributed by atoms with Crippen molar-refractivity contribution in [3.63, 3.8) is 0 Å². The Morgan fingerprint density at radius 3 is 2.39 bits per heavy atom. The fourth-order valence-corrected chi connectivity index (χ4v) is 3.57. The molecule has 3 aromatic heterocycles. The second-order valence-electron chi connectivity index (χ2n) is 6.44. The lowest BCUT2D eigenvalue weighted by Crippen LogP contribution is -2.20. The smallest absolute Gasteiger partial charge is 0.337 e. The molecule has 2 aromatic carbocycles. The van der Waals surface area contributed by atoms with E-state index < -0.39 is 5.97 Å². The molecule has 5 rings (SSSR count). The second-order valence-corrected chi connectivity index (χ2v) is 6.44. The molecule has 0 saturated heterocycles. The summed E-state index contributed by atoms with van der Waals surface area (Å²) in [5.41, 5.74) is 3.13. The highest BCUT2D eigenvalue weighted by atomic mass is 16.5. The monoisotopic (exact) mass is 369 g/mol. The van der Waals surface area contributed by atoms with E-state index in [2.05, 4.69) is 0 Å². The highest BCUT2D eigenvalue weighted by molar-refractivity contribution is 6.04. The van der Waals surface area contributed by atoms with E-state index in [9.17, 15) is 9.59 Å². The number of benzene rings is 2. The van der Waals surface area contributed by atoms with Crippen LogP contribution in [0.4, 0.5) is 0 Å². The molecule has 0 amide bonds. The minimum Gasteiger partial charge on any atom is -0.465 e. The van der Waals surface area contributed by atoms with Crippen LogP contribution >= 0.6 is 0 Å². The first-order chi connectivity index (χ1) is 13.7. The van der Waals surface area contributed by atoms with Gasteiger partial charge in [-0.3, -0.25) is 13.8 Å². The fraction of sp³-hybridized carbons (Fsp3) is 0.0455. The van der Waals surface area contributed by atoms with Gasteiger partial charge in [0, 0.05) is 17.0 Å². The molecular formula is C22H15N3O3. The molecule has 0 spiro atoms. The lowest BCUT2D eigenvalue weighted by molar-refractivity contribution is 0.0601. The summed E-state index contributed by atoms with van der Waals surface area (Å²) in [6.07, 6.45) is 1.89. The van der Waals surface area contributed by atoms with E-state index >= 15 is 0 Å². The molecule has 28 heavy (non-hydrogen) atoms. The predicted molar refractivity (Wildman–Crippen MR) is 107 cm³/mol. The number of carbonyl (C=O) groups is 1. The van der Waals surface area contributed by atoms with E-state index in [0.717, 1.165) is 16.6 Å². The number of esters is 1. The second kappa shape index (κ2) is 6.06.